The van der Waals surface area contributed by atoms with Gasteiger partial charge in [0.05, 0.1) is 31.5 Å². The molecule has 10 rings (SSSR count). The molecular formula is C50H24N8O6S2. The van der Waals surface area contributed by atoms with E-state index in [4.69, 9.17) is 19.5 Å². The molecule has 8 aromatic rings. The summed E-state index contributed by atoms with van der Waals surface area (Å²) in [6, 6.07) is 41.8. The van der Waals surface area contributed by atoms with E-state index in [-0.39, 0.29) is 90.1 Å². The zero-order valence-electron chi connectivity index (χ0n) is 33.8. The molecule has 0 radical (unpaired) electrons. The van der Waals surface area contributed by atoms with Gasteiger partial charge in [-0.05, 0) is 34.4 Å². The number of carbonyl (C=O) groups excluding carboxylic acids is 4. The molecule has 4 heterocycles. The number of nitriles is 4. The predicted octanol–water partition coefficient (Wildman–Crippen LogP) is 10.8. The predicted molar refractivity (Wildman–Crippen MR) is 247 cm³/mol. The zero-order chi connectivity index (χ0) is 45.6. The van der Waals surface area contributed by atoms with E-state index in [0.717, 1.165) is 22.7 Å². The first-order valence-corrected chi connectivity index (χ1v) is 21.5. The van der Waals surface area contributed by atoms with Gasteiger partial charge in [-0.2, -0.15) is 21.0 Å². The van der Waals surface area contributed by atoms with Gasteiger partial charge < -0.3 is 9.47 Å². The number of thiophene rings is 2. The fourth-order valence-corrected chi connectivity index (χ4v) is 10.2. The molecule has 2 aliphatic carbocycles. The summed E-state index contributed by atoms with van der Waals surface area (Å²) < 4.78 is 15.2. The van der Waals surface area contributed by atoms with E-state index in [0.29, 0.717) is 31.7 Å². The minimum Gasteiger partial charge on any atom is -0.444 e. The molecule has 4 aromatic heterocycles. The number of ether oxygens (including phenoxy) is 2. The first kappa shape index (κ1) is 40.7. The van der Waals surface area contributed by atoms with Crippen LogP contribution in [-0.2, 0) is 22.7 Å². The second-order valence-electron chi connectivity index (χ2n) is 14.7. The van der Waals surface area contributed by atoms with Crippen molar-refractivity contribution >= 4 is 110 Å². The Morgan fingerprint density at radius 1 is 0.515 bits per heavy atom. The molecule has 0 amide bonds. The Kier molecular flexibility index (Phi) is 10.1. The highest BCUT2D eigenvalue weighted by Crippen LogP contribution is 2.48. The number of carbonyl (C=O) groups is 4. The fourth-order valence-electron chi connectivity index (χ4n) is 8.09. The van der Waals surface area contributed by atoms with Crippen LogP contribution < -0.4 is 0 Å². The van der Waals surface area contributed by atoms with Crippen LogP contribution in [0.5, 0.6) is 0 Å². The molecule has 14 nitrogen and oxygen atoms in total. The SMILES string of the molecule is N#CC(C#N)=C1/C(=N/c2cc3c(s2)c2c(c4sc(/N=C5\C(=O)c6ccccc6C5=C(C#N)C#N)cc4n2C(=O)OCc2ccccc2)n3C(=O)OCc2ccccc2)C(=O)c2ccccc21. The number of nitrogens with zero attached hydrogens (tertiary/aromatic N) is 8. The molecule has 0 fully saturated rings. The minimum atomic E-state index is -0.825. The molecule has 66 heavy (non-hydrogen) atoms. The van der Waals surface area contributed by atoms with Crippen LogP contribution in [0.4, 0.5) is 19.6 Å². The normalized spacial score (nSPS) is 14.0. The summed E-state index contributed by atoms with van der Waals surface area (Å²) in [6.45, 7) is -0.229. The lowest BCUT2D eigenvalue weighted by Gasteiger charge is -2.07. The third-order valence-electron chi connectivity index (χ3n) is 10.9. The summed E-state index contributed by atoms with van der Waals surface area (Å²) in [5, 5.41) is 40.1. The number of aromatic nitrogens is 2. The standard InChI is InChI=1S/C50H24N8O6S2/c51-21-29(22-52)39-31-15-7-9-17-33(31)45(59)41(39)55-37-19-35-47(65-37)44-43(57(35)49(61)63-25-27-11-3-1-4-12-27)48-36(58(44)50(62)64-26-28-13-5-2-6-14-28)20-38(66-48)56-42-40(30(23-53)24-54)32-16-8-10-18-34(32)46(42)60/h1-20H,25-26H2/b55-41-,56-42-. The summed E-state index contributed by atoms with van der Waals surface area (Å²) in [5.74, 6) is -1.00. The minimum absolute atomic E-state index is 0.0787. The Labute approximate surface area is 381 Å². The molecule has 0 aliphatic heterocycles. The quantitative estimate of drug-likeness (QED) is 0.144. The van der Waals surface area contributed by atoms with Gasteiger partial charge in [0.2, 0.25) is 11.6 Å². The maximum Gasteiger partial charge on any atom is 0.419 e. The van der Waals surface area contributed by atoms with Crippen molar-refractivity contribution < 1.29 is 28.7 Å². The molecule has 0 atom stereocenters. The maximum atomic E-state index is 14.6. The monoisotopic (exact) mass is 896 g/mol. The van der Waals surface area contributed by atoms with Gasteiger partial charge in [-0.25, -0.2) is 28.7 Å². The number of ketones is 2. The Bertz CT molecular complexity index is 3500. The van der Waals surface area contributed by atoms with Gasteiger partial charge in [0.1, 0.15) is 70.1 Å². The highest BCUT2D eigenvalue weighted by molar-refractivity contribution is 7.25. The van der Waals surface area contributed by atoms with Crippen LogP contribution in [0.15, 0.2) is 142 Å². The molecule has 0 saturated heterocycles. The van der Waals surface area contributed by atoms with Crippen LogP contribution in [0.3, 0.4) is 0 Å². The second kappa shape index (κ2) is 16.4. The number of fused-ring (bicyclic) bond motifs is 7. The Morgan fingerprint density at radius 3 is 1.23 bits per heavy atom. The van der Waals surface area contributed by atoms with Gasteiger partial charge in [0.15, 0.2) is 0 Å². The van der Waals surface area contributed by atoms with Crippen molar-refractivity contribution in [3.8, 4) is 24.3 Å². The number of allylic oxidation sites excluding steroid dienone is 4. The van der Waals surface area contributed by atoms with E-state index >= 15 is 0 Å². The van der Waals surface area contributed by atoms with Gasteiger partial charge in [-0.15, -0.1) is 22.7 Å². The number of rotatable bonds is 6. The van der Waals surface area contributed by atoms with Gasteiger partial charge >= 0.3 is 12.2 Å². The smallest absolute Gasteiger partial charge is 0.419 e. The largest absolute Gasteiger partial charge is 0.444 e. The van der Waals surface area contributed by atoms with Crippen molar-refractivity contribution in [1.29, 1.82) is 21.0 Å². The van der Waals surface area contributed by atoms with Crippen LogP contribution in [-0.4, -0.2) is 44.3 Å². The van der Waals surface area contributed by atoms with E-state index < -0.39 is 23.8 Å². The number of benzene rings is 4. The molecule has 2 aliphatic rings. The highest BCUT2D eigenvalue weighted by atomic mass is 32.1. The lowest BCUT2D eigenvalue weighted by Crippen LogP contribution is -2.13. The molecule has 0 unspecified atom stereocenters. The van der Waals surface area contributed by atoms with Gasteiger partial charge in [-0.3, -0.25) is 9.59 Å². The van der Waals surface area contributed by atoms with Crippen LogP contribution in [0.25, 0.3) is 42.6 Å². The Balaban J connectivity index is 1.21. The molecule has 312 valence electrons. The lowest BCUT2D eigenvalue weighted by atomic mass is 10.0. The maximum absolute atomic E-state index is 14.6. The second-order valence-corrected chi connectivity index (χ2v) is 16.7. The molecule has 0 bridgehead atoms. The molecule has 4 aromatic carbocycles. The number of aliphatic imine (C=N–C) groups is 2. The van der Waals surface area contributed by atoms with Crippen molar-refractivity contribution in [1.82, 2.24) is 9.13 Å². The zero-order valence-corrected chi connectivity index (χ0v) is 35.4. The van der Waals surface area contributed by atoms with Gasteiger partial charge in [-0.1, -0.05) is 109 Å². The van der Waals surface area contributed by atoms with Crippen molar-refractivity contribution in [2.75, 3.05) is 0 Å². The summed E-state index contributed by atoms with van der Waals surface area (Å²) in [4.78, 5) is 66.3. The molecule has 0 spiro atoms. The number of Topliss-reactive ketones (excluding diaryl/α,β-unsaturated/α-hetero) is 2. The Morgan fingerprint density at radius 2 is 0.864 bits per heavy atom. The first-order chi connectivity index (χ1) is 32.2. The summed E-state index contributed by atoms with van der Waals surface area (Å²) in [7, 11) is 0. The molecule has 16 heteroatoms. The average molecular weight is 897 g/mol. The summed E-state index contributed by atoms with van der Waals surface area (Å²) >= 11 is 2.11. The third-order valence-corrected chi connectivity index (χ3v) is 13.0. The first-order valence-electron chi connectivity index (χ1n) is 19.8. The van der Waals surface area contributed by atoms with Crippen molar-refractivity contribution in [3.63, 3.8) is 0 Å². The van der Waals surface area contributed by atoms with Gasteiger partial charge in [0, 0.05) is 22.3 Å². The highest BCUT2D eigenvalue weighted by Gasteiger charge is 2.37. The van der Waals surface area contributed by atoms with E-state index in [1.807, 2.05) is 36.4 Å². The van der Waals surface area contributed by atoms with E-state index in [2.05, 4.69) is 0 Å². The third kappa shape index (κ3) is 6.59. The van der Waals surface area contributed by atoms with Crippen LogP contribution in [0.2, 0.25) is 0 Å². The van der Waals surface area contributed by atoms with Crippen LogP contribution in [0.1, 0.15) is 43.0 Å². The van der Waals surface area contributed by atoms with Gasteiger partial charge in [0.25, 0.3) is 0 Å². The number of hydrogen-bond donors (Lipinski definition) is 0. The van der Waals surface area contributed by atoms with Crippen LogP contribution in [0, 0.1) is 45.3 Å². The van der Waals surface area contributed by atoms with Crippen molar-refractivity contribution in [3.05, 3.63) is 166 Å². The van der Waals surface area contributed by atoms with Crippen LogP contribution >= 0.6 is 22.7 Å². The van der Waals surface area contributed by atoms with Crippen molar-refractivity contribution in [2.45, 2.75) is 13.2 Å². The van der Waals surface area contributed by atoms with Crippen molar-refractivity contribution in [2.24, 2.45) is 9.98 Å². The summed E-state index contributed by atoms with van der Waals surface area (Å²) in [5.41, 5.74) is 2.97. The van der Waals surface area contributed by atoms with E-state index in [9.17, 15) is 40.2 Å². The van der Waals surface area contributed by atoms with E-state index in [1.165, 1.54) is 9.13 Å². The molecule has 0 N–H and O–H groups in total. The van der Waals surface area contributed by atoms with E-state index in [1.54, 1.807) is 109 Å². The summed E-state index contributed by atoms with van der Waals surface area (Å²) in [6.07, 6.45) is -1.65. The Hall–Kier alpha value is -9.32. The molecule has 0 saturated carbocycles. The fraction of sp³-hybridized carbons (Fsp3) is 0.0400. The molecular weight excluding hydrogens is 873 g/mol. The average Bonchev–Trinajstić information content (AvgIpc) is 4.18. The lowest BCUT2D eigenvalue weighted by molar-refractivity contribution is 0.106. The topological polar surface area (TPSA) is 216 Å². The number of hydrogen-bond acceptors (Lipinski definition) is 14.